The molecule has 2 N–H and O–H groups in total. The van der Waals surface area contributed by atoms with Crippen LogP contribution in [0, 0.1) is 6.92 Å². The number of thioether (sulfide) groups is 1. The molecular formula is C8H10F3NOS. The van der Waals surface area contributed by atoms with E-state index in [0.29, 0.717) is 22.4 Å². The summed E-state index contributed by atoms with van der Waals surface area (Å²) in [5.41, 5.74) is 5.05. The summed E-state index contributed by atoms with van der Waals surface area (Å²) < 4.78 is 41.8. The van der Waals surface area contributed by atoms with Crippen LogP contribution in [0.4, 0.5) is 13.2 Å². The van der Waals surface area contributed by atoms with Gasteiger partial charge in [-0.3, -0.25) is 0 Å². The summed E-state index contributed by atoms with van der Waals surface area (Å²) in [4.78, 5) is 0.484. The van der Waals surface area contributed by atoms with Crippen molar-refractivity contribution < 1.29 is 17.6 Å². The fourth-order valence-corrected chi connectivity index (χ4v) is 1.78. The van der Waals surface area contributed by atoms with E-state index in [9.17, 15) is 13.2 Å². The molecule has 1 unspecified atom stereocenters. The van der Waals surface area contributed by atoms with Crippen molar-refractivity contribution in [3.8, 4) is 0 Å². The zero-order chi connectivity index (χ0) is 10.8. The van der Waals surface area contributed by atoms with Crippen molar-refractivity contribution in [2.45, 2.75) is 23.2 Å². The summed E-state index contributed by atoms with van der Waals surface area (Å²) in [6.45, 7) is 1.19. The monoisotopic (exact) mass is 225 g/mol. The number of aryl methyl sites for hydroxylation is 1. The summed E-state index contributed by atoms with van der Waals surface area (Å²) in [5.74, 6) is 0.484. The maximum absolute atomic E-state index is 12.3. The smallest absolute Gasteiger partial charge is 0.402 e. The molecular weight excluding hydrogens is 215 g/mol. The summed E-state index contributed by atoms with van der Waals surface area (Å²) in [6, 6.07) is 1.51. The number of alkyl halides is 3. The number of rotatable bonds is 3. The van der Waals surface area contributed by atoms with Gasteiger partial charge in [0.2, 0.25) is 0 Å². The first-order chi connectivity index (χ1) is 6.45. The predicted molar refractivity (Wildman–Crippen MR) is 48.2 cm³/mol. The van der Waals surface area contributed by atoms with Gasteiger partial charge < -0.3 is 10.2 Å². The standard InChI is InChI=1S/C8H10F3NOS/c1-5-6(2-3-13-5)14-7(4-12)8(9,10)11/h2-3,7H,4,12H2,1H3. The highest BCUT2D eigenvalue weighted by Crippen LogP contribution is 2.36. The van der Waals surface area contributed by atoms with Gasteiger partial charge >= 0.3 is 6.18 Å². The zero-order valence-corrected chi connectivity index (χ0v) is 8.28. The van der Waals surface area contributed by atoms with Crippen molar-refractivity contribution in [3.63, 3.8) is 0 Å². The maximum Gasteiger partial charge on any atom is 0.402 e. The molecule has 0 amide bonds. The molecule has 0 bridgehead atoms. The second-order valence-electron chi connectivity index (χ2n) is 2.72. The molecule has 1 aromatic rings. The van der Waals surface area contributed by atoms with E-state index in [4.69, 9.17) is 10.2 Å². The number of halogens is 3. The van der Waals surface area contributed by atoms with Crippen LogP contribution in [0.1, 0.15) is 5.76 Å². The lowest BCUT2D eigenvalue weighted by molar-refractivity contribution is -0.126. The molecule has 2 nitrogen and oxygen atoms in total. The van der Waals surface area contributed by atoms with E-state index in [-0.39, 0.29) is 0 Å². The molecule has 1 rings (SSSR count). The van der Waals surface area contributed by atoms with Crippen LogP contribution in [0.3, 0.4) is 0 Å². The first kappa shape index (κ1) is 11.5. The summed E-state index contributed by atoms with van der Waals surface area (Å²) >= 11 is 0.685. The SMILES string of the molecule is Cc1occc1SC(CN)C(F)(F)F. The average Bonchev–Trinajstić information content (AvgIpc) is 2.45. The van der Waals surface area contributed by atoms with Gasteiger partial charge in [-0.05, 0) is 13.0 Å². The van der Waals surface area contributed by atoms with Crippen molar-refractivity contribution in [1.82, 2.24) is 0 Å². The molecule has 0 spiro atoms. The lowest BCUT2D eigenvalue weighted by atomic mass is 10.4. The first-order valence-electron chi connectivity index (χ1n) is 3.92. The summed E-state index contributed by atoms with van der Waals surface area (Å²) in [5, 5.41) is -1.57. The Balaban J connectivity index is 2.71. The maximum atomic E-state index is 12.3. The lowest BCUT2D eigenvalue weighted by Crippen LogP contribution is -2.32. The number of furan rings is 1. The highest BCUT2D eigenvalue weighted by molar-refractivity contribution is 8.00. The van der Waals surface area contributed by atoms with E-state index >= 15 is 0 Å². The van der Waals surface area contributed by atoms with Crippen LogP contribution in [0.25, 0.3) is 0 Å². The van der Waals surface area contributed by atoms with E-state index in [1.165, 1.54) is 12.3 Å². The molecule has 0 fully saturated rings. The normalized spacial score (nSPS) is 14.4. The van der Waals surface area contributed by atoms with Gasteiger partial charge in [-0.15, -0.1) is 11.8 Å². The van der Waals surface area contributed by atoms with Crippen LogP contribution in [-0.4, -0.2) is 18.0 Å². The van der Waals surface area contributed by atoms with Gasteiger partial charge in [0.25, 0.3) is 0 Å². The number of hydrogen-bond acceptors (Lipinski definition) is 3. The number of hydrogen-bond donors (Lipinski definition) is 1. The Labute approximate surface area is 83.6 Å². The second kappa shape index (κ2) is 4.27. The van der Waals surface area contributed by atoms with Gasteiger partial charge in [0.15, 0.2) is 0 Å². The van der Waals surface area contributed by atoms with Gasteiger partial charge in [-0.25, -0.2) is 0 Å². The fourth-order valence-electron chi connectivity index (χ4n) is 0.897. The molecule has 14 heavy (non-hydrogen) atoms. The van der Waals surface area contributed by atoms with Crippen LogP contribution in [-0.2, 0) is 0 Å². The van der Waals surface area contributed by atoms with Crippen molar-refractivity contribution in [2.75, 3.05) is 6.54 Å². The third-order valence-electron chi connectivity index (χ3n) is 1.66. The van der Waals surface area contributed by atoms with Gasteiger partial charge in [0, 0.05) is 11.4 Å². The average molecular weight is 225 g/mol. The largest absolute Gasteiger partial charge is 0.468 e. The Morgan fingerprint density at radius 3 is 2.57 bits per heavy atom. The van der Waals surface area contributed by atoms with Gasteiger partial charge in [-0.2, -0.15) is 13.2 Å². The van der Waals surface area contributed by atoms with Crippen LogP contribution in [0.15, 0.2) is 21.6 Å². The quantitative estimate of drug-likeness (QED) is 0.803. The second-order valence-corrected chi connectivity index (χ2v) is 3.97. The third kappa shape index (κ3) is 2.68. The molecule has 0 aromatic carbocycles. The minimum Gasteiger partial charge on any atom is -0.468 e. The topological polar surface area (TPSA) is 39.2 Å². The van der Waals surface area contributed by atoms with Crippen molar-refractivity contribution in [3.05, 3.63) is 18.1 Å². The molecule has 0 saturated heterocycles. The molecule has 0 aliphatic heterocycles. The van der Waals surface area contributed by atoms with E-state index < -0.39 is 18.0 Å². The molecule has 0 aliphatic rings. The van der Waals surface area contributed by atoms with Gasteiger partial charge in [0.1, 0.15) is 11.0 Å². The van der Waals surface area contributed by atoms with Crippen LogP contribution < -0.4 is 5.73 Å². The van der Waals surface area contributed by atoms with E-state index in [0.717, 1.165) is 0 Å². The number of nitrogens with two attached hydrogens (primary N) is 1. The molecule has 1 heterocycles. The first-order valence-corrected chi connectivity index (χ1v) is 4.80. The molecule has 0 radical (unpaired) electrons. The Kier molecular flexibility index (Phi) is 3.49. The van der Waals surface area contributed by atoms with E-state index in [1.807, 2.05) is 0 Å². The van der Waals surface area contributed by atoms with Crippen LogP contribution in [0.5, 0.6) is 0 Å². The highest BCUT2D eigenvalue weighted by atomic mass is 32.2. The summed E-state index contributed by atoms with van der Waals surface area (Å²) in [6.07, 6.45) is -2.91. The van der Waals surface area contributed by atoms with Crippen LogP contribution in [0.2, 0.25) is 0 Å². The molecule has 0 aliphatic carbocycles. The predicted octanol–water partition coefficient (Wildman–Crippen LogP) is 2.57. The minimum absolute atomic E-state index is 0.432. The molecule has 6 heteroatoms. The van der Waals surface area contributed by atoms with Gasteiger partial charge in [0.05, 0.1) is 6.26 Å². The Morgan fingerprint density at radius 1 is 1.57 bits per heavy atom. The van der Waals surface area contributed by atoms with Crippen molar-refractivity contribution >= 4 is 11.8 Å². The third-order valence-corrected chi connectivity index (χ3v) is 3.08. The minimum atomic E-state index is -4.27. The molecule has 0 saturated carbocycles. The molecule has 1 atom stereocenters. The fraction of sp³-hybridized carbons (Fsp3) is 0.500. The van der Waals surface area contributed by atoms with Crippen LogP contribution >= 0.6 is 11.8 Å². The molecule has 80 valence electrons. The Morgan fingerprint density at radius 2 is 2.21 bits per heavy atom. The molecule has 1 aromatic heterocycles. The summed E-state index contributed by atoms with van der Waals surface area (Å²) in [7, 11) is 0. The van der Waals surface area contributed by atoms with Crippen molar-refractivity contribution in [2.24, 2.45) is 5.73 Å². The highest BCUT2D eigenvalue weighted by Gasteiger charge is 2.39. The van der Waals surface area contributed by atoms with E-state index in [1.54, 1.807) is 6.92 Å². The van der Waals surface area contributed by atoms with E-state index in [2.05, 4.69) is 0 Å². The van der Waals surface area contributed by atoms with Gasteiger partial charge in [-0.1, -0.05) is 0 Å². The van der Waals surface area contributed by atoms with Crippen molar-refractivity contribution in [1.29, 1.82) is 0 Å². The Bertz CT molecular complexity index is 297. The lowest BCUT2D eigenvalue weighted by Gasteiger charge is -2.17. The zero-order valence-electron chi connectivity index (χ0n) is 7.47. The Hall–Kier alpha value is -0.620.